The number of benzene rings is 11. The Morgan fingerprint density at radius 1 is 0.302 bits per heavy atom. The maximum atomic E-state index is 2.53. The molecular weight excluding hydrogens is 761 g/mol. The number of hydrogen-bond acceptors (Lipinski definition) is 1. The monoisotopic (exact) mass is 798 g/mol. The summed E-state index contributed by atoms with van der Waals surface area (Å²) in [7, 11) is 0. The molecule has 2 aliphatic rings. The summed E-state index contributed by atoms with van der Waals surface area (Å²) in [6.45, 7) is 0. The molecule has 14 rings (SSSR count). The summed E-state index contributed by atoms with van der Waals surface area (Å²) < 4.78 is 2.43. The summed E-state index contributed by atoms with van der Waals surface area (Å²) in [6.07, 6.45) is 0. The molecule has 0 aliphatic heterocycles. The fourth-order valence-corrected chi connectivity index (χ4v) is 11.7. The summed E-state index contributed by atoms with van der Waals surface area (Å²) in [5, 5.41) is 10.1. The van der Waals surface area contributed by atoms with Crippen LogP contribution in [0.4, 0.5) is 17.1 Å². The van der Waals surface area contributed by atoms with Gasteiger partial charge in [0.15, 0.2) is 0 Å². The first-order valence-electron chi connectivity index (χ1n) is 21.9. The van der Waals surface area contributed by atoms with E-state index in [1.807, 2.05) is 0 Å². The third-order valence-electron chi connectivity index (χ3n) is 14.2. The van der Waals surface area contributed by atoms with Crippen LogP contribution in [0.3, 0.4) is 0 Å². The van der Waals surface area contributed by atoms with Gasteiger partial charge < -0.3 is 9.47 Å². The van der Waals surface area contributed by atoms with E-state index in [-0.39, 0.29) is 0 Å². The lowest BCUT2D eigenvalue weighted by atomic mass is 9.70. The number of aromatic nitrogens is 1. The van der Waals surface area contributed by atoms with Crippen molar-refractivity contribution in [3.63, 3.8) is 0 Å². The van der Waals surface area contributed by atoms with E-state index in [1.165, 1.54) is 98.6 Å². The van der Waals surface area contributed by atoms with E-state index in [0.717, 1.165) is 22.7 Å². The molecule has 0 bridgehead atoms. The van der Waals surface area contributed by atoms with Gasteiger partial charge in [-0.3, -0.25) is 0 Å². The molecule has 1 aromatic heterocycles. The molecule has 2 aliphatic carbocycles. The Morgan fingerprint density at radius 2 is 0.746 bits per heavy atom. The predicted octanol–water partition coefficient (Wildman–Crippen LogP) is 16.1. The topological polar surface area (TPSA) is 8.17 Å². The Balaban J connectivity index is 1.09. The second-order valence-electron chi connectivity index (χ2n) is 17.1. The molecule has 0 saturated carbocycles. The summed E-state index contributed by atoms with van der Waals surface area (Å²) in [5.74, 6) is 0. The fourth-order valence-electron chi connectivity index (χ4n) is 11.7. The number of anilines is 3. The average molecular weight is 799 g/mol. The van der Waals surface area contributed by atoms with E-state index < -0.39 is 5.41 Å². The van der Waals surface area contributed by atoms with Gasteiger partial charge in [0.25, 0.3) is 0 Å². The third kappa shape index (κ3) is 4.57. The standard InChI is InChI=1S/C61H38N2/c1-2-21-44-42(19-1)43-20-3-4-22-45(43)52-38-41(35-36-46(44)52)62(39-17-15-18-40(37-39)63-57-32-13-8-25-49(57)50-26-9-14-33-58(50)63)59-34-16-31-56-60(59)51-27-7-12-30-55(51)61(56)53-28-10-5-23-47(53)48-24-6-11-29-54(48)61/h1-38H. The molecule has 292 valence electrons. The number of rotatable bonds is 4. The molecule has 12 aromatic rings. The second kappa shape index (κ2) is 12.9. The minimum Gasteiger partial charge on any atom is -0.310 e. The van der Waals surface area contributed by atoms with Gasteiger partial charge in [-0.1, -0.05) is 182 Å². The van der Waals surface area contributed by atoms with E-state index in [1.54, 1.807) is 0 Å². The van der Waals surface area contributed by atoms with Gasteiger partial charge in [0.05, 0.1) is 22.1 Å². The Kier molecular flexibility index (Phi) is 7.07. The van der Waals surface area contributed by atoms with Gasteiger partial charge in [0.1, 0.15) is 0 Å². The Labute approximate surface area is 365 Å². The van der Waals surface area contributed by atoms with Crippen molar-refractivity contribution >= 4 is 71.2 Å². The minimum absolute atomic E-state index is 0.454. The van der Waals surface area contributed by atoms with E-state index in [2.05, 4.69) is 240 Å². The van der Waals surface area contributed by atoms with Crippen molar-refractivity contribution in [3.8, 4) is 27.9 Å². The molecule has 0 N–H and O–H groups in total. The van der Waals surface area contributed by atoms with Gasteiger partial charge in [-0.2, -0.15) is 0 Å². The first-order valence-corrected chi connectivity index (χ1v) is 21.9. The Hall–Kier alpha value is -8.20. The second-order valence-corrected chi connectivity index (χ2v) is 17.1. The highest BCUT2D eigenvalue weighted by Gasteiger charge is 2.52. The molecule has 0 radical (unpaired) electrons. The van der Waals surface area contributed by atoms with Crippen LogP contribution in [-0.2, 0) is 5.41 Å². The normalized spacial score (nSPS) is 13.2. The molecule has 2 heteroatoms. The largest absolute Gasteiger partial charge is 0.310 e. The van der Waals surface area contributed by atoms with Crippen LogP contribution in [0.5, 0.6) is 0 Å². The first kappa shape index (κ1) is 34.5. The van der Waals surface area contributed by atoms with Crippen molar-refractivity contribution in [1.82, 2.24) is 4.57 Å². The van der Waals surface area contributed by atoms with Crippen molar-refractivity contribution < 1.29 is 0 Å². The maximum Gasteiger partial charge on any atom is 0.0726 e. The van der Waals surface area contributed by atoms with Crippen molar-refractivity contribution in [2.75, 3.05) is 4.90 Å². The zero-order valence-corrected chi connectivity index (χ0v) is 34.3. The van der Waals surface area contributed by atoms with Gasteiger partial charge in [-0.25, -0.2) is 0 Å². The number of hydrogen-bond donors (Lipinski definition) is 0. The van der Waals surface area contributed by atoms with E-state index in [0.29, 0.717) is 0 Å². The maximum absolute atomic E-state index is 2.53. The smallest absolute Gasteiger partial charge is 0.0726 e. The summed E-state index contributed by atoms with van der Waals surface area (Å²) in [6, 6.07) is 85.9. The SMILES string of the molecule is c1cc(N(c2ccc3c4ccccc4c4ccccc4c3c2)c2cccc3c2-c2ccccc2C32c3ccccc3-c3ccccc32)cc(-n2c3ccccc3c3ccccc32)c1. The lowest BCUT2D eigenvalue weighted by Crippen LogP contribution is -2.26. The van der Waals surface area contributed by atoms with Gasteiger partial charge >= 0.3 is 0 Å². The van der Waals surface area contributed by atoms with Crippen molar-refractivity contribution in [1.29, 1.82) is 0 Å². The van der Waals surface area contributed by atoms with Crippen LogP contribution in [-0.4, -0.2) is 4.57 Å². The van der Waals surface area contributed by atoms with Crippen LogP contribution in [0.25, 0.3) is 82.1 Å². The summed E-state index contributed by atoms with van der Waals surface area (Å²) in [4.78, 5) is 2.53. The van der Waals surface area contributed by atoms with Gasteiger partial charge in [0, 0.05) is 33.4 Å². The van der Waals surface area contributed by atoms with Crippen LogP contribution in [0.1, 0.15) is 22.3 Å². The fraction of sp³-hybridized carbons (Fsp3) is 0.0164. The Bertz CT molecular complexity index is 3750. The quantitative estimate of drug-likeness (QED) is 0.161. The number of para-hydroxylation sites is 2. The predicted molar refractivity (Wildman–Crippen MR) is 264 cm³/mol. The molecule has 2 nitrogen and oxygen atoms in total. The highest BCUT2D eigenvalue weighted by atomic mass is 15.1. The van der Waals surface area contributed by atoms with E-state index in [4.69, 9.17) is 0 Å². The molecule has 1 heterocycles. The first-order chi connectivity index (χ1) is 31.3. The molecule has 11 aromatic carbocycles. The van der Waals surface area contributed by atoms with Crippen LogP contribution < -0.4 is 4.90 Å². The van der Waals surface area contributed by atoms with E-state index in [9.17, 15) is 0 Å². The Morgan fingerprint density at radius 3 is 1.37 bits per heavy atom. The lowest BCUT2D eigenvalue weighted by molar-refractivity contribution is 0.794. The van der Waals surface area contributed by atoms with Crippen LogP contribution in [0, 0.1) is 0 Å². The highest BCUT2D eigenvalue weighted by Crippen LogP contribution is 2.64. The van der Waals surface area contributed by atoms with Gasteiger partial charge in [0.2, 0.25) is 0 Å². The summed E-state index contributed by atoms with van der Waals surface area (Å²) in [5.41, 5.74) is 16.9. The molecule has 63 heavy (non-hydrogen) atoms. The summed E-state index contributed by atoms with van der Waals surface area (Å²) >= 11 is 0. The molecule has 0 fully saturated rings. The number of nitrogens with zero attached hydrogens (tertiary/aromatic N) is 2. The number of fused-ring (bicyclic) bond motifs is 19. The van der Waals surface area contributed by atoms with Crippen molar-refractivity contribution in [3.05, 3.63) is 253 Å². The molecular formula is C61H38N2. The van der Waals surface area contributed by atoms with Crippen LogP contribution >= 0.6 is 0 Å². The van der Waals surface area contributed by atoms with Crippen molar-refractivity contribution in [2.24, 2.45) is 0 Å². The molecule has 0 amide bonds. The molecule has 1 spiro atoms. The van der Waals surface area contributed by atoms with Crippen molar-refractivity contribution in [2.45, 2.75) is 5.41 Å². The highest BCUT2D eigenvalue weighted by molar-refractivity contribution is 6.26. The average Bonchev–Trinajstić information content (AvgIpc) is 3.97. The molecule has 0 unspecified atom stereocenters. The van der Waals surface area contributed by atoms with Gasteiger partial charge in [-0.15, -0.1) is 0 Å². The van der Waals surface area contributed by atoms with Crippen LogP contribution in [0.2, 0.25) is 0 Å². The zero-order valence-electron chi connectivity index (χ0n) is 34.3. The zero-order chi connectivity index (χ0) is 41.2. The minimum atomic E-state index is -0.454. The third-order valence-corrected chi connectivity index (χ3v) is 14.2. The van der Waals surface area contributed by atoms with Crippen LogP contribution in [0.15, 0.2) is 231 Å². The van der Waals surface area contributed by atoms with E-state index >= 15 is 0 Å². The molecule has 0 atom stereocenters. The van der Waals surface area contributed by atoms with Gasteiger partial charge in [-0.05, 0) is 120 Å². The lowest BCUT2D eigenvalue weighted by Gasteiger charge is -2.32. The molecule has 0 saturated heterocycles.